The van der Waals surface area contributed by atoms with Crippen LogP contribution in [0.4, 0.5) is 5.69 Å². The second kappa shape index (κ2) is 6.78. The topological polar surface area (TPSA) is 64.6 Å². The summed E-state index contributed by atoms with van der Waals surface area (Å²) in [6, 6.07) is 4.83. The highest BCUT2D eigenvalue weighted by Gasteiger charge is 2.14. The van der Waals surface area contributed by atoms with Crippen molar-refractivity contribution in [3.05, 3.63) is 23.8 Å². The molecule has 0 bridgehead atoms. The first-order valence-electron chi connectivity index (χ1n) is 6.06. The number of methoxy groups -OCH3 is 1. The maximum atomic E-state index is 11.6. The van der Waals surface area contributed by atoms with E-state index in [4.69, 9.17) is 9.47 Å². The van der Waals surface area contributed by atoms with Crippen LogP contribution >= 0.6 is 0 Å². The van der Waals surface area contributed by atoms with Gasteiger partial charge in [0.25, 0.3) is 0 Å². The number of amides is 1. The fourth-order valence-corrected chi connectivity index (χ4v) is 1.46. The molecule has 5 nitrogen and oxygen atoms in total. The molecule has 1 aromatic rings. The zero-order valence-corrected chi connectivity index (χ0v) is 11.6. The van der Waals surface area contributed by atoms with Crippen molar-refractivity contribution >= 4 is 17.6 Å². The second-order valence-corrected chi connectivity index (χ2v) is 4.59. The van der Waals surface area contributed by atoms with Crippen LogP contribution in [0.2, 0.25) is 0 Å². The first-order valence-corrected chi connectivity index (χ1v) is 6.06. The number of carbonyl (C=O) groups excluding carboxylic acids is 2. The number of rotatable bonds is 5. The fourth-order valence-electron chi connectivity index (χ4n) is 1.46. The number of nitrogens with one attached hydrogen (secondary N) is 1. The molecular formula is C14H19NO4. The Morgan fingerprint density at radius 3 is 2.53 bits per heavy atom. The molecule has 1 aromatic carbocycles. The van der Waals surface area contributed by atoms with Crippen molar-refractivity contribution in [1.29, 1.82) is 0 Å². The summed E-state index contributed by atoms with van der Waals surface area (Å²) in [5.74, 6) is 0.0930. The Balaban J connectivity index is 3.03. The molecule has 0 heterocycles. The van der Waals surface area contributed by atoms with Gasteiger partial charge in [0.15, 0.2) is 0 Å². The SMILES string of the molecule is COC(=O)c1ccc(NC(C)=O)cc1OCC(C)C. The number of ether oxygens (including phenoxy) is 2. The van der Waals surface area contributed by atoms with Crippen LogP contribution in [0.5, 0.6) is 5.75 Å². The van der Waals surface area contributed by atoms with Gasteiger partial charge in [0.05, 0.1) is 13.7 Å². The quantitative estimate of drug-likeness (QED) is 0.831. The van der Waals surface area contributed by atoms with E-state index < -0.39 is 5.97 Å². The van der Waals surface area contributed by atoms with Crippen molar-refractivity contribution in [2.45, 2.75) is 20.8 Å². The predicted molar refractivity (Wildman–Crippen MR) is 72.4 cm³/mol. The summed E-state index contributed by atoms with van der Waals surface area (Å²) >= 11 is 0. The van der Waals surface area contributed by atoms with Crippen molar-refractivity contribution in [2.24, 2.45) is 5.92 Å². The largest absolute Gasteiger partial charge is 0.492 e. The van der Waals surface area contributed by atoms with Gasteiger partial charge in [0.2, 0.25) is 5.91 Å². The molecule has 1 rings (SSSR count). The average molecular weight is 265 g/mol. The van der Waals surface area contributed by atoms with Crippen LogP contribution in [-0.4, -0.2) is 25.6 Å². The monoisotopic (exact) mass is 265 g/mol. The van der Waals surface area contributed by atoms with Crippen molar-refractivity contribution in [3.8, 4) is 5.75 Å². The summed E-state index contributed by atoms with van der Waals surface area (Å²) in [5.41, 5.74) is 0.927. The van der Waals surface area contributed by atoms with Crippen LogP contribution in [0.25, 0.3) is 0 Å². The minimum atomic E-state index is -0.465. The van der Waals surface area contributed by atoms with E-state index in [0.717, 1.165) is 0 Å². The van der Waals surface area contributed by atoms with Gasteiger partial charge in [-0.2, -0.15) is 0 Å². The van der Waals surface area contributed by atoms with Crippen LogP contribution in [0.3, 0.4) is 0 Å². The van der Waals surface area contributed by atoms with Gasteiger partial charge in [-0.15, -0.1) is 0 Å². The molecular weight excluding hydrogens is 246 g/mol. The Morgan fingerprint density at radius 1 is 1.32 bits per heavy atom. The summed E-state index contributed by atoms with van der Waals surface area (Å²) in [7, 11) is 1.32. The van der Waals surface area contributed by atoms with E-state index in [9.17, 15) is 9.59 Å². The van der Waals surface area contributed by atoms with Gasteiger partial charge >= 0.3 is 5.97 Å². The van der Waals surface area contributed by atoms with Gasteiger partial charge in [0, 0.05) is 18.7 Å². The number of hydrogen-bond donors (Lipinski definition) is 1. The second-order valence-electron chi connectivity index (χ2n) is 4.59. The molecule has 0 aliphatic rings. The number of benzene rings is 1. The van der Waals surface area contributed by atoms with E-state index in [1.54, 1.807) is 18.2 Å². The molecule has 0 aromatic heterocycles. The van der Waals surface area contributed by atoms with E-state index >= 15 is 0 Å². The molecule has 0 unspecified atom stereocenters. The van der Waals surface area contributed by atoms with Crippen LogP contribution in [0.1, 0.15) is 31.1 Å². The van der Waals surface area contributed by atoms with Gasteiger partial charge in [-0.25, -0.2) is 4.79 Å². The third-order valence-electron chi connectivity index (χ3n) is 2.28. The first-order chi connectivity index (χ1) is 8.93. The number of carbonyl (C=O) groups is 2. The van der Waals surface area contributed by atoms with Crippen LogP contribution in [0, 0.1) is 5.92 Å². The molecule has 19 heavy (non-hydrogen) atoms. The predicted octanol–water partition coefficient (Wildman–Crippen LogP) is 2.47. The number of esters is 1. The third-order valence-corrected chi connectivity index (χ3v) is 2.28. The minimum Gasteiger partial charge on any atom is -0.492 e. The van der Waals surface area contributed by atoms with Crippen molar-refractivity contribution in [1.82, 2.24) is 0 Å². The molecule has 0 saturated heterocycles. The lowest BCUT2D eigenvalue weighted by molar-refractivity contribution is -0.114. The van der Waals surface area contributed by atoms with Crippen molar-refractivity contribution in [3.63, 3.8) is 0 Å². The molecule has 0 radical (unpaired) electrons. The smallest absolute Gasteiger partial charge is 0.341 e. The maximum Gasteiger partial charge on any atom is 0.341 e. The van der Waals surface area contributed by atoms with Gasteiger partial charge in [-0.05, 0) is 18.1 Å². The molecule has 104 valence electrons. The minimum absolute atomic E-state index is 0.180. The zero-order chi connectivity index (χ0) is 14.4. The summed E-state index contributed by atoms with van der Waals surface area (Å²) in [6.07, 6.45) is 0. The Kier molecular flexibility index (Phi) is 5.36. The summed E-state index contributed by atoms with van der Waals surface area (Å²) in [5, 5.41) is 2.65. The van der Waals surface area contributed by atoms with Gasteiger partial charge < -0.3 is 14.8 Å². The first kappa shape index (κ1) is 15.0. The lowest BCUT2D eigenvalue weighted by atomic mass is 10.1. The van der Waals surface area contributed by atoms with E-state index in [2.05, 4.69) is 5.32 Å². The molecule has 0 aliphatic heterocycles. The lowest BCUT2D eigenvalue weighted by Gasteiger charge is -2.13. The maximum absolute atomic E-state index is 11.6. The molecule has 0 aliphatic carbocycles. The number of hydrogen-bond acceptors (Lipinski definition) is 4. The van der Waals surface area contributed by atoms with Crippen LogP contribution in [0.15, 0.2) is 18.2 Å². The molecule has 1 amide bonds. The summed E-state index contributed by atoms with van der Waals surface area (Å²) < 4.78 is 10.3. The highest BCUT2D eigenvalue weighted by atomic mass is 16.5. The number of anilines is 1. The average Bonchev–Trinajstić information content (AvgIpc) is 2.35. The molecule has 1 N–H and O–H groups in total. The molecule has 5 heteroatoms. The van der Waals surface area contributed by atoms with E-state index in [-0.39, 0.29) is 5.91 Å². The molecule has 0 atom stereocenters. The zero-order valence-electron chi connectivity index (χ0n) is 11.6. The highest BCUT2D eigenvalue weighted by molar-refractivity contribution is 5.94. The van der Waals surface area contributed by atoms with E-state index in [1.807, 2.05) is 13.8 Å². The molecule has 0 fully saturated rings. The molecule has 0 saturated carbocycles. The van der Waals surface area contributed by atoms with E-state index in [0.29, 0.717) is 29.5 Å². The Bertz CT molecular complexity index is 469. The highest BCUT2D eigenvalue weighted by Crippen LogP contribution is 2.24. The van der Waals surface area contributed by atoms with Crippen molar-refractivity contribution in [2.75, 3.05) is 19.0 Å². The Hall–Kier alpha value is -2.04. The normalized spacial score (nSPS) is 10.2. The van der Waals surface area contributed by atoms with Gasteiger partial charge in [-0.1, -0.05) is 13.8 Å². The van der Waals surface area contributed by atoms with E-state index in [1.165, 1.54) is 14.0 Å². The van der Waals surface area contributed by atoms with Crippen LogP contribution < -0.4 is 10.1 Å². The van der Waals surface area contributed by atoms with Gasteiger partial charge in [0.1, 0.15) is 11.3 Å². The fraction of sp³-hybridized carbons (Fsp3) is 0.429. The van der Waals surface area contributed by atoms with Gasteiger partial charge in [-0.3, -0.25) is 4.79 Å². The Morgan fingerprint density at radius 2 is 2.00 bits per heavy atom. The molecule has 0 spiro atoms. The third kappa shape index (κ3) is 4.62. The Labute approximate surface area is 112 Å². The lowest BCUT2D eigenvalue weighted by Crippen LogP contribution is -2.11. The van der Waals surface area contributed by atoms with Crippen molar-refractivity contribution < 1.29 is 19.1 Å². The standard InChI is InChI=1S/C14H19NO4/c1-9(2)8-19-13-7-11(15-10(3)16)5-6-12(13)14(17)18-4/h5-7,9H,8H2,1-4H3,(H,15,16). The summed E-state index contributed by atoms with van der Waals surface area (Å²) in [4.78, 5) is 22.6. The summed E-state index contributed by atoms with van der Waals surface area (Å²) in [6.45, 7) is 5.92. The van der Waals surface area contributed by atoms with Crippen LogP contribution in [-0.2, 0) is 9.53 Å².